The molecule has 2 heterocycles. The van der Waals surface area contributed by atoms with Gasteiger partial charge in [0.15, 0.2) is 11.5 Å². The van der Waals surface area contributed by atoms with Gasteiger partial charge in [-0.05, 0) is 23.8 Å². The summed E-state index contributed by atoms with van der Waals surface area (Å²) in [5.74, 6) is 1.20. The van der Waals surface area contributed by atoms with Gasteiger partial charge >= 0.3 is 0 Å². The van der Waals surface area contributed by atoms with Crippen LogP contribution in [0.3, 0.4) is 0 Å². The largest absolute Gasteiger partial charge is 0.493 e. The Labute approximate surface area is 181 Å². The predicted octanol–water partition coefficient (Wildman–Crippen LogP) is 2.39. The van der Waals surface area contributed by atoms with Gasteiger partial charge in [0.25, 0.3) is 5.91 Å². The molecule has 0 spiro atoms. The zero-order valence-corrected chi connectivity index (χ0v) is 18.1. The van der Waals surface area contributed by atoms with Gasteiger partial charge in [-0.3, -0.25) is 14.4 Å². The summed E-state index contributed by atoms with van der Waals surface area (Å²) in [7, 11) is 5.04. The number of amides is 1. The molecular weight excluding hydrogens is 396 g/mol. The first-order chi connectivity index (χ1) is 15.1. The molecule has 0 saturated carbocycles. The lowest BCUT2D eigenvalue weighted by Crippen LogP contribution is -2.44. The zero-order chi connectivity index (χ0) is 21.8. The van der Waals surface area contributed by atoms with Gasteiger partial charge in [0.1, 0.15) is 5.69 Å². The number of carbonyl (C=O) groups excluding carboxylic acids is 1. The minimum Gasteiger partial charge on any atom is -0.493 e. The van der Waals surface area contributed by atoms with Gasteiger partial charge in [-0.25, -0.2) is 0 Å². The van der Waals surface area contributed by atoms with Crippen LogP contribution < -0.4 is 14.8 Å². The molecule has 8 nitrogen and oxygen atoms in total. The van der Waals surface area contributed by atoms with Gasteiger partial charge in [0.05, 0.1) is 39.0 Å². The van der Waals surface area contributed by atoms with Gasteiger partial charge in [-0.1, -0.05) is 24.3 Å². The Kier molecular flexibility index (Phi) is 6.39. The zero-order valence-electron chi connectivity index (χ0n) is 18.1. The van der Waals surface area contributed by atoms with Crippen LogP contribution in [0.1, 0.15) is 22.1 Å². The molecular formula is C23H28N4O4. The Balaban J connectivity index is 1.59. The van der Waals surface area contributed by atoms with Gasteiger partial charge in [-0.2, -0.15) is 5.10 Å². The molecule has 4 rings (SSSR count). The summed E-state index contributed by atoms with van der Waals surface area (Å²) in [6.45, 7) is 3.38. The highest BCUT2D eigenvalue weighted by Gasteiger charge is 2.25. The fourth-order valence-corrected chi connectivity index (χ4v) is 4.10. The van der Waals surface area contributed by atoms with E-state index in [9.17, 15) is 4.79 Å². The summed E-state index contributed by atoms with van der Waals surface area (Å²) in [5.41, 5.74) is 2.41. The molecule has 1 saturated heterocycles. The van der Waals surface area contributed by atoms with Gasteiger partial charge < -0.3 is 19.5 Å². The molecule has 8 heteroatoms. The van der Waals surface area contributed by atoms with Crippen LogP contribution in [0.5, 0.6) is 11.5 Å². The third-order valence-corrected chi connectivity index (χ3v) is 5.69. The first-order valence-corrected chi connectivity index (χ1v) is 10.4. The second-order valence-electron chi connectivity index (χ2n) is 7.48. The Morgan fingerprint density at radius 3 is 2.61 bits per heavy atom. The molecule has 1 fully saturated rings. The number of morpholine rings is 1. The van der Waals surface area contributed by atoms with Crippen LogP contribution in [0.25, 0.3) is 10.9 Å². The van der Waals surface area contributed by atoms with E-state index < -0.39 is 0 Å². The van der Waals surface area contributed by atoms with Crippen molar-refractivity contribution in [2.24, 2.45) is 7.05 Å². The number of nitrogens with one attached hydrogen (secondary N) is 1. The molecule has 164 valence electrons. The number of nitrogens with zero attached hydrogens (tertiary/aromatic N) is 3. The summed E-state index contributed by atoms with van der Waals surface area (Å²) in [6.07, 6.45) is 0. The molecule has 1 aromatic heterocycles. The fraction of sp³-hybridized carbons (Fsp3) is 0.391. The highest BCUT2D eigenvalue weighted by atomic mass is 16.5. The molecule has 2 aromatic carbocycles. The molecule has 1 aliphatic rings. The summed E-state index contributed by atoms with van der Waals surface area (Å²) in [6, 6.07) is 13.5. The summed E-state index contributed by atoms with van der Waals surface area (Å²) >= 11 is 0. The summed E-state index contributed by atoms with van der Waals surface area (Å²) in [4.78, 5) is 15.4. The van der Waals surface area contributed by atoms with Gasteiger partial charge in [-0.15, -0.1) is 0 Å². The van der Waals surface area contributed by atoms with E-state index in [-0.39, 0.29) is 11.9 Å². The second-order valence-corrected chi connectivity index (χ2v) is 7.48. The molecule has 0 aliphatic carbocycles. The lowest BCUT2D eigenvalue weighted by atomic mass is 10.0. The van der Waals surface area contributed by atoms with Crippen LogP contribution in [0.2, 0.25) is 0 Å². The van der Waals surface area contributed by atoms with Crippen LogP contribution in [0.4, 0.5) is 0 Å². The number of benzene rings is 2. The third kappa shape index (κ3) is 4.35. The van der Waals surface area contributed by atoms with E-state index >= 15 is 0 Å². The molecule has 31 heavy (non-hydrogen) atoms. The average molecular weight is 425 g/mol. The van der Waals surface area contributed by atoms with Crippen molar-refractivity contribution >= 4 is 16.8 Å². The van der Waals surface area contributed by atoms with Crippen LogP contribution in [-0.4, -0.2) is 67.7 Å². The summed E-state index contributed by atoms with van der Waals surface area (Å²) in [5, 5.41) is 8.42. The molecule has 1 unspecified atom stereocenters. The van der Waals surface area contributed by atoms with Crippen LogP contribution in [-0.2, 0) is 11.8 Å². The molecule has 0 radical (unpaired) electrons. The molecule has 1 aliphatic heterocycles. The van der Waals surface area contributed by atoms with Crippen molar-refractivity contribution in [3.8, 4) is 11.5 Å². The number of hydrogen-bond donors (Lipinski definition) is 1. The molecule has 0 bridgehead atoms. The van der Waals surface area contributed by atoms with Crippen molar-refractivity contribution in [1.29, 1.82) is 0 Å². The number of aryl methyl sites for hydroxylation is 1. The smallest absolute Gasteiger partial charge is 0.270 e. The van der Waals surface area contributed by atoms with Crippen LogP contribution in [0, 0.1) is 0 Å². The van der Waals surface area contributed by atoms with E-state index in [2.05, 4.69) is 15.3 Å². The molecule has 1 N–H and O–H groups in total. The second kappa shape index (κ2) is 9.36. The highest BCUT2D eigenvalue weighted by molar-refractivity contribution is 6.04. The Morgan fingerprint density at radius 2 is 1.87 bits per heavy atom. The average Bonchev–Trinajstić information content (AvgIpc) is 3.15. The maximum Gasteiger partial charge on any atom is 0.270 e. The standard InChI is InChI=1S/C23H28N4O4/c1-26-22(17-6-4-5-7-18(17)25-26)23(28)24-15-19(27-10-12-31-13-11-27)16-8-9-20(29-2)21(14-16)30-3/h4-9,14,19H,10-13,15H2,1-3H3,(H,24,28). The molecule has 3 aromatic rings. The van der Waals surface area contributed by atoms with Crippen molar-refractivity contribution in [2.75, 3.05) is 47.1 Å². The number of carbonyl (C=O) groups is 1. The lowest BCUT2D eigenvalue weighted by molar-refractivity contribution is 0.0161. The van der Waals surface area contributed by atoms with Crippen molar-refractivity contribution < 1.29 is 19.0 Å². The van der Waals surface area contributed by atoms with Crippen molar-refractivity contribution in [3.05, 3.63) is 53.7 Å². The Morgan fingerprint density at radius 1 is 1.13 bits per heavy atom. The Bertz CT molecular complexity index is 1060. The normalized spacial score (nSPS) is 15.6. The highest BCUT2D eigenvalue weighted by Crippen LogP contribution is 2.32. The van der Waals surface area contributed by atoms with Crippen LogP contribution >= 0.6 is 0 Å². The number of methoxy groups -OCH3 is 2. The lowest BCUT2D eigenvalue weighted by Gasteiger charge is -2.35. The summed E-state index contributed by atoms with van der Waals surface area (Å²) < 4.78 is 18.0. The topological polar surface area (TPSA) is 77.9 Å². The maximum atomic E-state index is 13.1. The number of ether oxygens (including phenoxy) is 3. The van der Waals surface area contributed by atoms with E-state index in [0.29, 0.717) is 37.0 Å². The quantitative estimate of drug-likeness (QED) is 0.628. The Hall–Kier alpha value is -3.10. The van der Waals surface area contributed by atoms with E-state index in [1.807, 2.05) is 42.5 Å². The maximum absolute atomic E-state index is 13.1. The van der Waals surface area contributed by atoms with Gasteiger partial charge in [0, 0.05) is 32.1 Å². The van der Waals surface area contributed by atoms with E-state index in [0.717, 1.165) is 29.6 Å². The van der Waals surface area contributed by atoms with E-state index in [1.54, 1.807) is 25.9 Å². The van der Waals surface area contributed by atoms with Crippen molar-refractivity contribution in [2.45, 2.75) is 6.04 Å². The third-order valence-electron chi connectivity index (χ3n) is 5.69. The monoisotopic (exact) mass is 424 g/mol. The van der Waals surface area contributed by atoms with E-state index in [1.165, 1.54) is 0 Å². The number of hydrogen-bond acceptors (Lipinski definition) is 6. The number of aromatic nitrogens is 2. The minimum atomic E-state index is -0.144. The first kappa shape index (κ1) is 21.1. The minimum absolute atomic E-state index is 0.0212. The van der Waals surface area contributed by atoms with Crippen LogP contribution in [0.15, 0.2) is 42.5 Å². The fourth-order valence-electron chi connectivity index (χ4n) is 4.10. The number of fused-ring (bicyclic) bond motifs is 1. The molecule has 1 atom stereocenters. The van der Waals surface area contributed by atoms with Gasteiger partial charge in [0.2, 0.25) is 0 Å². The SMILES string of the molecule is COc1ccc(C(CNC(=O)c2c3ccccc3nn2C)N2CCOCC2)cc1OC. The first-order valence-electron chi connectivity index (χ1n) is 10.4. The predicted molar refractivity (Wildman–Crippen MR) is 118 cm³/mol. The number of rotatable bonds is 7. The van der Waals surface area contributed by atoms with Crippen molar-refractivity contribution in [3.63, 3.8) is 0 Å². The van der Waals surface area contributed by atoms with E-state index in [4.69, 9.17) is 14.2 Å². The molecule has 1 amide bonds. The van der Waals surface area contributed by atoms with Crippen molar-refractivity contribution in [1.82, 2.24) is 20.0 Å².